The van der Waals surface area contributed by atoms with Gasteiger partial charge in [-0.15, -0.1) is 24.6 Å². The number of hydrogen-bond donors (Lipinski definition) is 0. The highest BCUT2D eigenvalue weighted by Crippen LogP contribution is 2.92. The van der Waals surface area contributed by atoms with Crippen LogP contribution in [0.1, 0.15) is 12.8 Å². The Bertz CT molecular complexity index is 2610. The summed E-state index contributed by atoms with van der Waals surface area (Å²) in [6.07, 6.45) is 27.0. The first kappa shape index (κ1) is 32.5. The predicted octanol–water partition coefficient (Wildman–Crippen LogP) is 9.28. The van der Waals surface area contributed by atoms with Gasteiger partial charge in [-0.25, -0.2) is 0 Å². The maximum Gasteiger partial charge on any atom is 0.0943 e. The summed E-state index contributed by atoms with van der Waals surface area (Å²) in [7, 11) is -2.98. The number of rotatable bonds is 8. The minimum absolute atomic E-state index is 0.182. The molecule has 0 saturated heterocycles. The van der Waals surface area contributed by atoms with E-state index in [1.807, 2.05) is 0 Å². The maximum absolute atomic E-state index is 4.73. The zero-order valence-electron chi connectivity index (χ0n) is 34.8. The van der Waals surface area contributed by atoms with Crippen LogP contribution in [0, 0.1) is 153 Å². The van der Waals surface area contributed by atoms with Gasteiger partial charge in [0.15, 0.2) is 0 Å². The van der Waals surface area contributed by atoms with Crippen LogP contribution >= 0.6 is 0 Å². The Kier molecular flexibility index (Phi) is 5.46. The van der Waals surface area contributed by atoms with E-state index in [-0.39, 0.29) is 10.8 Å². The second-order valence-electron chi connectivity index (χ2n) is 24.4. The molecule has 60 heavy (non-hydrogen) atoms. The van der Waals surface area contributed by atoms with E-state index < -0.39 is 17.6 Å². The van der Waals surface area contributed by atoms with Crippen LogP contribution in [0.25, 0.3) is 0 Å². The van der Waals surface area contributed by atoms with E-state index in [0.717, 1.165) is 112 Å². The summed E-state index contributed by atoms with van der Waals surface area (Å²) in [6, 6.07) is 26.5. The van der Waals surface area contributed by atoms with Crippen LogP contribution < -0.4 is 10.4 Å². The van der Waals surface area contributed by atoms with Gasteiger partial charge in [-0.3, -0.25) is 0 Å². The number of fused-ring (bicyclic) bond motifs is 5. The third-order valence-corrected chi connectivity index (χ3v) is 30.4. The first-order chi connectivity index (χ1) is 29.7. The van der Waals surface area contributed by atoms with Crippen LogP contribution in [0.5, 0.6) is 0 Å². The molecule has 0 aromatic heterocycles. The van der Waals surface area contributed by atoms with Crippen molar-refractivity contribution < 1.29 is 0 Å². The SMILES string of the molecule is C=C[SiH](CC12C=CC3(C[SiH](C=C)c4ccccc4)C4C=CC5C6CCC7C8C=CC9C%10C=CC1C1=C%11C%12C%13=C(C1%10)C9C8C1C%13C8C%12C(C4C5C8C6C71)C3C%112)c1ccccc1. The van der Waals surface area contributed by atoms with E-state index in [0.29, 0.717) is 29.6 Å². The third kappa shape index (κ3) is 3.00. The van der Waals surface area contributed by atoms with Crippen molar-refractivity contribution in [3.05, 3.63) is 156 Å². The summed E-state index contributed by atoms with van der Waals surface area (Å²) in [5.74, 6) is 20.8. The molecule has 2 aromatic rings. The standard InChI is InChI=1S/C58H58Si2/c1-3-59(27-11-7-5-8-12-27)25-57-23-24-58(26-60(4-2)28-13-9-6-10-14-28)36-22-20-34-32-18-16-30-29-15-17-31-33-19-21-35(57)43-41(33)46-39(31)37(29)45-38(30)40(32)47-42(34)44(36)54-52-50(47)48(45)49(46)51(52)53(43)55(57)56(54)58/h3-15,17,19-24,29-42,44-45,47-48,50-52,54-56,59-60H,1-2,16,18,25-26H2. The molecule has 9 saturated carbocycles. The topological polar surface area (TPSA) is 0 Å². The van der Waals surface area contributed by atoms with Crippen LogP contribution in [0.2, 0.25) is 12.1 Å². The van der Waals surface area contributed by atoms with Crippen LogP contribution in [-0.2, 0) is 0 Å². The lowest BCUT2D eigenvalue weighted by molar-refractivity contribution is -0.125. The molecule has 0 amide bonds. The fourth-order valence-corrected chi connectivity index (χ4v) is 30.0. The normalized spacial score (nSPS) is 59.4. The van der Waals surface area contributed by atoms with Gasteiger partial charge in [-0.1, -0.05) is 142 Å². The summed E-state index contributed by atoms with van der Waals surface area (Å²) in [4.78, 5) is 0. The lowest BCUT2D eigenvalue weighted by Crippen LogP contribution is -2.58. The molecule has 0 nitrogen and oxygen atoms in total. The molecule has 0 bridgehead atoms. The highest BCUT2D eigenvalue weighted by molar-refractivity contribution is 6.78. The molecule has 18 rings (SSSR count). The van der Waals surface area contributed by atoms with E-state index in [1.54, 1.807) is 23.2 Å². The first-order valence-electron chi connectivity index (χ1n) is 25.3. The summed E-state index contributed by atoms with van der Waals surface area (Å²) in [5.41, 5.74) is 14.1. The second-order valence-corrected chi connectivity index (χ2v) is 30.0. The molecule has 2 aromatic carbocycles. The number of allylic oxidation sites excluding steroid dienone is 12. The molecule has 298 valence electrons. The van der Waals surface area contributed by atoms with E-state index in [2.05, 4.69) is 143 Å². The van der Waals surface area contributed by atoms with Crippen molar-refractivity contribution in [2.24, 2.45) is 153 Å². The third-order valence-electron chi connectivity index (χ3n) is 24.5. The molecule has 0 radical (unpaired) electrons. The fourth-order valence-electron chi connectivity index (χ4n) is 24.4. The van der Waals surface area contributed by atoms with E-state index in [4.69, 9.17) is 13.2 Å². The Morgan fingerprint density at radius 3 is 1.87 bits per heavy atom. The Morgan fingerprint density at radius 1 is 0.500 bits per heavy atom. The molecule has 0 aliphatic heterocycles. The highest BCUT2D eigenvalue weighted by atomic mass is 28.3. The number of benzene rings is 2. The average Bonchev–Trinajstić information content (AvgIpc) is 4.12. The molecular formula is C58H58Si2. The predicted molar refractivity (Wildman–Crippen MR) is 245 cm³/mol. The zero-order chi connectivity index (χ0) is 38.4. The lowest BCUT2D eigenvalue weighted by atomic mass is 9.43. The van der Waals surface area contributed by atoms with Crippen LogP contribution in [0.15, 0.2) is 156 Å². The molecule has 16 aliphatic rings. The van der Waals surface area contributed by atoms with E-state index in [1.165, 1.54) is 12.1 Å². The van der Waals surface area contributed by atoms with Crippen LogP contribution in [0.3, 0.4) is 0 Å². The molecule has 16 aliphatic carbocycles. The van der Waals surface area contributed by atoms with Crippen molar-refractivity contribution in [2.45, 2.75) is 24.9 Å². The van der Waals surface area contributed by atoms with Gasteiger partial charge in [0.25, 0.3) is 0 Å². The smallest absolute Gasteiger partial charge is 0.0943 e. The Hall–Kier alpha value is -3.21. The zero-order valence-corrected chi connectivity index (χ0v) is 37.1. The quantitative estimate of drug-likeness (QED) is 0.184. The molecule has 0 heterocycles. The minimum atomic E-state index is -1.50. The average molecular weight is 811 g/mol. The van der Waals surface area contributed by atoms with Crippen LogP contribution in [0.4, 0.5) is 0 Å². The lowest BCUT2D eigenvalue weighted by Gasteiger charge is -2.61. The molecule has 2 heteroatoms. The summed E-state index contributed by atoms with van der Waals surface area (Å²) < 4.78 is 0. The van der Waals surface area contributed by atoms with Crippen molar-refractivity contribution >= 4 is 28.0 Å². The van der Waals surface area contributed by atoms with Gasteiger partial charge in [-0.2, -0.15) is 0 Å². The van der Waals surface area contributed by atoms with E-state index >= 15 is 0 Å². The Balaban J connectivity index is 0.956. The minimum Gasteiger partial charge on any atom is -0.107 e. The summed E-state index contributed by atoms with van der Waals surface area (Å²) in [6.45, 7) is 9.45. The van der Waals surface area contributed by atoms with Gasteiger partial charge in [0, 0.05) is 23.2 Å². The molecule has 0 N–H and O–H groups in total. The van der Waals surface area contributed by atoms with Crippen molar-refractivity contribution in [2.75, 3.05) is 0 Å². The fraction of sp³-hybridized carbons (Fsp3) is 0.517. The van der Waals surface area contributed by atoms with Gasteiger partial charge in [-0.05, 0) is 155 Å². The molecule has 0 spiro atoms. The molecule has 28 atom stereocenters. The van der Waals surface area contributed by atoms with Gasteiger partial charge in [0.2, 0.25) is 0 Å². The highest BCUT2D eigenvalue weighted by Gasteiger charge is 2.86. The largest absolute Gasteiger partial charge is 0.107 e. The van der Waals surface area contributed by atoms with E-state index in [9.17, 15) is 0 Å². The van der Waals surface area contributed by atoms with Gasteiger partial charge in [0.05, 0.1) is 17.6 Å². The van der Waals surface area contributed by atoms with Crippen molar-refractivity contribution in [3.63, 3.8) is 0 Å². The Labute approximate surface area is 360 Å². The monoisotopic (exact) mass is 810 g/mol. The first-order valence-corrected chi connectivity index (χ1v) is 29.4. The van der Waals surface area contributed by atoms with Crippen molar-refractivity contribution in [1.82, 2.24) is 0 Å². The van der Waals surface area contributed by atoms with Crippen molar-refractivity contribution in [1.29, 1.82) is 0 Å². The summed E-state index contributed by atoms with van der Waals surface area (Å²) >= 11 is 0. The second kappa shape index (κ2) is 10.1. The van der Waals surface area contributed by atoms with Crippen LogP contribution in [-0.4, -0.2) is 17.6 Å². The number of hydrogen-bond acceptors (Lipinski definition) is 0. The van der Waals surface area contributed by atoms with Gasteiger partial charge >= 0.3 is 0 Å². The molecular weight excluding hydrogens is 753 g/mol. The molecule has 28 unspecified atom stereocenters. The van der Waals surface area contributed by atoms with Gasteiger partial charge in [0.1, 0.15) is 0 Å². The Morgan fingerprint density at radius 2 is 1.12 bits per heavy atom. The maximum atomic E-state index is 4.73. The van der Waals surface area contributed by atoms with Crippen molar-refractivity contribution in [3.8, 4) is 0 Å². The summed E-state index contributed by atoms with van der Waals surface area (Å²) in [5, 5.41) is 3.26. The van der Waals surface area contributed by atoms with Gasteiger partial charge < -0.3 is 0 Å². The molecule has 9 fully saturated rings.